The fourth-order valence-electron chi connectivity index (χ4n) is 2.72. The van der Waals surface area contributed by atoms with Gasteiger partial charge in [-0.2, -0.15) is 0 Å². The van der Waals surface area contributed by atoms with Crippen LogP contribution >= 0.6 is 0 Å². The number of carbonyl (C=O) groups is 1. The lowest BCUT2D eigenvalue weighted by atomic mass is 10.1. The number of sulfonamides is 1. The van der Waals surface area contributed by atoms with E-state index in [0.29, 0.717) is 11.3 Å². The van der Waals surface area contributed by atoms with Gasteiger partial charge >= 0.3 is 5.97 Å². The van der Waals surface area contributed by atoms with E-state index in [4.69, 9.17) is 4.74 Å². The lowest BCUT2D eigenvalue weighted by molar-refractivity contribution is 0.0338. The van der Waals surface area contributed by atoms with Gasteiger partial charge in [-0.05, 0) is 48.9 Å². The third-order valence-corrected chi connectivity index (χ3v) is 6.22. The van der Waals surface area contributed by atoms with Gasteiger partial charge in [0.05, 0.1) is 16.1 Å². The maximum atomic E-state index is 12.8. The second kappa shape index (κ2) is 8.27. The summed E-state index contributed by atoms with van der Waals surface area (Å²) in [5.74, 6) is -0.503. The van der Waals surface area contributed by atoms with E-state index in [1.165, 1.54) is 35.6 Å². The number of hydrogen-bond acceptors (Lipinski definition) is 4. The van der Waals surface area contributed by atoms with Gasteiger partial charge in [0.25, 0.3) is 10.0 Å². The van der Waals surface area contributed by atoms with Crippen LogP contribution in [-0.4, -0.2) is 21.4 Å². The minimum Gasteiger partial charge on any atom is -0.454 e. The Hall–Kier alpha value is -3.12. The summed E-state index contributed by atoms with van der Waals surface area (Å²) >= 11 is 0. The molecular formula is C22H21NO4S. The molecule has 1 unspecified atom stereocenters. The first-order valence-corrected chi connectivity index (χ1v) is 10.2. The van der Waals surface area contributed by atoms with Gasteiger partial charge in [0.15, 0.2) is 0 Å². The summed E-state index contributed by atoms with van der Waals surface area (Å²) in [6, 6.07) is 24.0. The quantitative estimate of drug-likeness (QED) is 0.579. The number of ether oxygens (including phenoxy) is 1. The van der Waals surface area contributed by atoms with Crippen molar-refractivity contribution in [2.75, 3.05) is 11.4 Å². The maximum Gasteiger partial charge on any atom is 0.338 e. The van der Waals surface area contributed by atoms with Crippen LogP contribution in [0.3, 0.4) is 0 Å². The maximum absolute atomic E-state index is 12.8. The van der Waals surface area contributed by atoms with Crippen LogP contribution in [0, 0.1) is 0 Å². The molecule has 0 fully saturated rings. The molecule has 3 aromatic rings. The van der Waals surface area contributed by atoms with Gasteiger partial charge in [0.1, 0.15) is 6.10 Å². The molecule has 0 spiro atoms. The Bertz CT molecular complexity index is 1030. The monoisotopic (exact) mass is 395 g/mol. The lowest BCUT2D eigenvalue weighted by Gasteiger charge is -2.19. The zero-order valence-electron chi connectivity index (χ0n) is 15.6. The number of carbonyl (C=O) groups excluding carboxylic acids is 1. The number of nitrogens with zero attached hydrogens (tertiary/aromatic N) is 1. The molecule has 6 heteroatoms. The highest BCUT2D eigenvalue weighted by Gasteiger charge is 2.22. The van der Waals surface area contributed by atoms with Crippen molar-refractivity contribution in [2.24, 2.45) is 0 Å². The highest BCUT2D eigenvalue weighted by Crippen LogP contribution is 2.23. The highest BCUT2D eigenvalue weighted by atomic mass is 32.2. The Morgan fingerprint density at radius 3 is 1.96 bits per heavy atom. The van der Waals surface area contributed by atoms with Gasteiger partial charge < -0.3 is 4.74 Å². The van der Waals surface area contributed by atoms with Crippen LogP contribution in [0.4, 0.5) is 5.69 Å². The first-order chi connectivity index (χ1) is 13.4. The van der Waals surface area contributed by atoms with Crippen molar-refractivity contribution in [3.05, 3.63) is 96.1 Å². The number of anilines is 1. The molecule has 0 bridgehead atoms. The molecule has 0 heterocycles. The molecule has 0 saturated carbocycles. The molecule has 28 heavy (non-hydrogen) atoms. The SMILES string of the molecule is CC(OC(=O)c1ccc(S(=O)(=O)N(C)c2ccccc2)cc1)c1ccccc1. The van der Waals surface area contributed by atoms with E-state index in [1.807, 2.05) is 36.4 Å². The molecule has 0 amide bonds. The van der Waals surface area contributed by atoms with Crippen LogP contribution in [0.2, 0.25) is 0 Å². The van der Waals surface area contributed by atoms with Crippen molar-refractivity contribution in [3.63, 3.8) is 0 Å². The zero-order valence-corrected chi connectivity index (χ0v) is 16.5. The van der Waals surface area contributed by atoms with E-state index < -0.39 is 22.1 Å². The first-order valence-electron chi connectivity index (χ1n) is 8.79. The molecule has 1 atom stereocenters. The first kappa shape index (κ1) is 19.6. The fraction of sp³-hybridized carbons (Fsp3) is 0.136. The number of hydrogen-bond donors (Lipinski definition) is 0. The third kappa shape index (κ3) is 4.23. The predicted molar refractivity (Wildman–Crippen MR) is 109 cm³/mol. The number of benzene rings is 3. The predicted octanol–water partition coefficient (Wildman–Crippen LogP) is 4.43. The van der Waals surface area contributed by atoms with E-state index >= 15 is 0 Å². The summed E-state index contributed by atoms with van der Waals surface area (Å²) in [6.07, 6.45) is -0.402. The fourth-order valence-corrected chi connectivity index (χ4v) is 3.91. The van der Waals surface area contributed by atoms with E-state index in [2.05, 4.69) is 0 Å². The van der Waals surface area contributed by atoms with Crippen LogP contribution in [0.25, 0.3) is 0 Å². The Morgan fingerprint density at radius 2 is 1.39 bits per heavy atom. The average molecular weight is 395 g/mol. The molecule has 0 aliphatic rings. The Labute approximate surface area is 165 Å². The molecule has 0 saturated heterocycles. The Kier molecular flexibility index (Phi) is 5.80. The van der Waals surface area contributed by atoms with Crippen molar-refractivity contribution in [3.8, 4) is 0 Å². The molecule has 0 N–H and O–H groups in total. The van der Waals surface area contributed by atoms with Crippen molar-refractivity contribution in [1.29, 1.82) is 0 Å². The van der Waals surface area contributed by atoms with Gasteiger partial charge in [0, 0.05) is 7.05 Å². The van der Waals surface area contributed by atoms with E-state index in [0.717, 1.165) is 5.56 Å². The topological polar surface area (TPSA) is 63.7 Å². The summed E-state index contributed by atoms with van der Waals surface area (Å²) in [5.41, 5.74) is 1.74. The molecule has 0 aliphatic carbocycles. The number of rotatable bonds is 6. The number of para-hydroxylation sites is 1. The van der Waals surface area contributed by atoms with Gasteiger partial charge in [-0.1, -0.05) is 48.5 Å². The van der Waals surface area contributed by atoms with Gasteiger partial charge in [-0.25, -0.2) is 13.2 Å². The average Bonchev–Trinajstić information content (AvgIpc) is 2.74. The van der Waals surface area contributed by atoms with Crippen molar-refractivity contribution < 1.29 is 17.9 Å². The molecule has 0 radical (unpaired) electrons. The molecular weight excluding hydrogens is 374 g/mol. The van der Waals surface area contributed by atoms with Crippen molar-refractivity contribution in [1.82, 2.24) is 0 Å². The molecule has 0 aromatic heterocycles. The molecule has 144 valence electrons. The van der Waals surface area contributed by atoms with Crippen LogP contribution in [0.1, 0.15) is 28.9 Å². The summed E-state index contributed by atoms with van der Waals surface area (Å²) in [6.45, 7) is 1.79. The Balaban J connectivity index is 1.75. The lowest BCUT2D eigenvalue weighted by Crippen LogP contribution is -2.26. The van der Waals surface area contributed by atoms with E-state index in [1.54, 1.807) is 31.2 Å². The highest BCUT2D eigenvalue weighted by molar-refractivity contribution is 7.92. The van der Waals surface area contributed by atoms with E-state index in [-0.39, 0.29) is 4.90 Å². The summed E-state index contributed by atoms with van der Waals surface area (Å²) in [5, 5.41) is 0. The second-order valence-electron chi connectivity index (χ2n) is 6.29. The zero-order chi connectivity index (χ0) is 20.1. The minimum atomic E-state index is -3.72. The van der Waals surface area contributed by atoms with Crippen LogP contribution in [-0.2, 0) is 14.8 Å². The van der Waals surface area contributed by atoms with Crippen molar-refractivity contribution in [2.45, 2.75) is 17.9 Å². The minimum absolute atomic E-state index is 0.103. The molecule has 5 nitrogen and oxygen atoms in total. The summed E-state index contributed by atoms with van der Waals surface area (Å²) < 4.78 is 32.2. The van der Waals surface area contributed by atoms with Crippen LogP contribution in [0.5, 0.6) is 0 Å². The number of esters is 1. The largest absolute Gasteiger partial charge is 0.454 e. The second-order valence-corrected chi connectivity index (χ2v) is 8.26. The van der Waals surface area contributed by atoms with Crippen molar-refractivity contribution >= 4 is 21.7 Å². The molecule has 0 aliphatic heterocycles. The third-order valence-electron chi connectivity index (χ3n) is 4.42. The van der Waals surface area contributed by atoms with E-state index in [9.17, 15) is 13.2 Å². The summed E-state index contributed by atoms with van der Waals surface area (Å²) in [7, 11) is -2.22. The standard InChI is InChI=1S/C22H21NO4S/c1-17(18-9-5-3-6-10-18)27-22(24)19-13-15-21(16-14-19)28(25,26)23(2)20-11-7-4-8-12-20/h3-17H,1-2H3. The normalized spacial score (nSPS) is 12.2. The van der Waals surface area contributed by atoms with Gasteiger partial charge in [-0.15, -0.1) is 0 Å². The van der Waals surface area contributed by atoms with Gasteiger partial charge in [0.2, 0.25) is 0 Å². The van der Waals surface area contributed by atoms with Crippen LogP contribution in [0.15, 0.2) is 89.8 Å². The smallest absolute Gasteiger partial charge is 0.338 e. The molecule has 3 rings (SSSR count). The van der Waals surface area contributed by atoms with Gasteiger partial charge in [-0.3, -0.25) is 4.31 Å². The van der Waals surface area contributed by atoms with Crippen LogP contribution < -0.4 is 4.31 Å². The molecule has 3 aromatic carbocycles. The Morgan fingerprint density at radius 1 is 0.857 bits per heavy atom. The summed E-state index contributed by atoms with van der Waals surface area (Å²) in [4.78, 5) is 12.5.